The lowest BCUT2D eigenvalue weighted by molar-refractivity contribution is -0.166. The van der Waals surface area contributed by atoms with E-state index in [1.807, 2.05) is 6.08 Å². The van der Waals surface area contributed by atoms with Gasteiger partial charge in [0.1, 0.15) is 13.2 Å². The van der Waals surface area contributed by atoms with Gasteiger partial charge in [-0.3, -0.25) is 14.4 Å². The molecule has 0 fully saturated rings. The Balaban J connectivity index is 4.25. The van der Waals surface area contributed by atoms with Gasteiger partial charge >= 0.3 is 17.9 Å². The van der Waals surface area contributed by atoms with Crippen LogP contribution in [0.5, 0.6) is 0 Å². The summed E-state index contributed by atoms with van der Waals surface area (Å²) in [5.41, 5.74) is 0. The Morgan fingerprint density at radius 1 is 0.350 bits per heavy atom. The van der Waals surface area contributed by atoms with Crippen molar-refractivity contribution in [1.82, 2.24) is 0 Å². The van der Waals surface area contributed by atoms with Gasteiger partial charge in [-0.1, -0.05) is 242 Å². The Morgan fingerprint density at radius 2 is 0.633 bits per heavy atom. The van der Waals surface area contributed by atoms with Gasteiger partial charge in [-0.2, -0.15) is 0 Å². The molecule has 0 aromatic carbocycles. The zero-order valence-corrected chi connectivity index (χ0v) is 39.5. The standard InChI is InChI=1S/C54H94O6/c1-4-7-10-13-16-18-20-22-24-25-26-27-28-29-31-32-34-36-38-41-44-47-53(56)59-50-51(49-58-52(55)46-43-40-15-12-9-6-3)60-54(57)48-45-42-39-37-35-33-30-23-21-19-17-14-11-8-5-2/h8,11,17,19,23,30,35,37,42,45,51H,4-7,9-10,12-16,18,20-22,24-29,31-34,36,38-41,43-44,46-50H2,1-3H3/b11-8-,19-17-,30-23-,37-35-,45-42-. The highest BCUT2D eigenvalue weighted by Crippen LogP contribution is 2.16. The zero-order valence-electron chi connectivity index (χ0n) is 39.5. The second-order valence-electron chi connectivity index (χ2n) is 16.7. The third-order valence-electron chi connectivity index (χ3n) is 10.8. The fraction of sp³-hybridized carbons (Fsp3) is 0.759. The predicted molar refractivity (Wildman–Crippen MR) is 256 cm³/mol. The Morgan fingerprint density at radius 3 is 0.950 bits per heavy atom. The summed E-state index contributed by atoms with van der Waals surface area (Å²) in [5.74, 6) is -1.05. The van der Waals surface area contributed by atoms with Crippen molar-refractivity contribution < 1.29 is 28.6 Å². The summed E-state index contributed by atoms with van der Waals surface area (Å²) >= 11 is 0. The smallest absolute Gasteiger partial charge is 0.310 e. The Kier molecular flexibility index (Phi) is 46.4. The fourth-order valence-corrected chi connectivity index (χ4v) is 7.05. The highest BCUT2D eigenvalue weighted by molar-refractivity contribution is 5.72. The molecule has 0 aromatic rings. The zero-order chi connectivity index (χ0) is 43.7. The quantitative estimate of drug-likeness (QED) is 0.0263. The first-order chi connectivity index (χ1) is 29.5. The minimum absolute atomic E-state index is 0.100. The monoisotopic (exact) mass is 839 g/mol. The molecule has 60 heavy (non-hydrogen) atoms. The molecular formula is C54H94O6. The van der Waals surface area contributed by atoms with E-state index in [0.717, 1.165) is 70.6 Å². The van der Waals surface area contributed by atoms with Crippen molar-refractivity contribution in [3.05, 3.63) is 60.8 Å². The molecule has 0 heterocycles. The third-order valence-corrected chi connectivity index (χ3v) is 10.8. The molecule has 0 aliphatic rings. The SMILES string of the molecule is CC/C=C\C/C=C\C/C=C\C/C=C\C/C=C\CC(=O)OC(COC(=O)CCCCCCCC)COC(=O)CCCCCCCCCCCCCCCCCCCCCCC. The first kappa shape index (κ1) is 57.1. The van der Waals surface area contributed by atoms with Crippen molar-refractivity contribution in [3.8, 4) is 0 Å². The molecule has 0 N–H and O–H groups in total. The predicted octanol–water partition coefficient (Wildman–Crippen LogP) is 16.5. The van der Waals surface area contributed by atoms with Gasteiger partial charge in [0.25, 0.3) is 0 Å². The minimum Gasteiger partial charge on any atom is -0.462 e. The highest BCUT2D eigenvalue weighted by Gasteiger charge is 2.19. The number of ether oxygens (including phenoxy) is 3. The summed E-state index contributed by atoms with van der Waals surface area (Å²) in [6.07, 6.45) is 59.8. The fourth-order valence-electron chi connectivity index (χ4n) is 7.05. The minimum atomic E-state index is -0.822. The highest BCUT2D eigenvalue weighted by atomic mass is 16.6. The molecule has 6 nitrogen and oxygen atoms in total. The largest absolute Gasteiger partial charge is 0.462 e. The van der Waals surface area contributed by atoms with Gasteiger partial charge in [0.05, 0.1) is 6.42 Å². The molecule has 0 rings (SSSR count). The number of esters is 3. The number of allylic oxidation sites excluding steroid dienone is 9. The maximum absolute atomic E-state index is 12.7. The summed E-state index contributed by atoms with van der Waals surface area (Å²) in [4.78, 5) is 37.6. The van der Waals surface area contributed by atoms with Crippen LogP contribution in [0.25, 0.3) is 0 Å². The first-order valence-electron chi connectivity index (χ1n) is 25.3. The van der Waals surface area contributed by atoms with Crippen LogP contribution < -0.4 is 0 Å². The van der Waals surface area contributed by atoms with E-state index < -0.39 is 12.1 Å². The van der Waals surface area contributed by atoms with Crippen LogP contribution in [0.2, 0.25) is 0 Å². The average Bonchev–Trinajstić information content (AvgIpc) is 3.24. The summed E-state index contributed by atoms with van der Waals surface area (Å²) in [6.45, 7) is 6.39. The molecular weight excluding hydrogens is 745 g/mol. The molecule has 0 aliphatic carbocycles. The molecule has 6 heteroatoms. The van der Waals surface area contributed by atoms with Crippen LogP contribution in [0.1, 0.15) is 245 Å². The maximum Gasteiger partial charge on any atom is 0.310 e. The number of hydrogen-bond acceptors (Lipinski definition) is 6. The molecule has 1 unspecified atom stereocenters. The van der Waals surface area contributed by atoms with E-state index in [2.05, 4.69) is 69.4 Å². The molecule has 0 aromatic heterocycles. The van der Waals surface area contributed by atoms with Gasteiger partial charge in [-0.25, -0.2) is 0 Å². The molecule has 0 aliphatic heterocycles. The summed E-state index contributed by atoms with van der Waals surface area (Å²) in [7, 11) is 0. The molecule has 346 valence electrons. The summed E-state index contributed by atoms with van der Waals surface area (Å²) in [5, 5.41) is 0. The van der Waals surface area contributed by atoms with E-state index >= 15 is 0 Å². The van der Waals surface area contributed by atoms with Gasteiger partial charge < -0.3 is 14.2 Å². The van der Waals surface area contributed by atoms with Gasteiger partial charge in [0.2, 0.25) is 0 Å². The number of carbonyl (C=O) groups excluding carboxylic acids is 3. The van der Waals surface area contributed by atoms with Gasteiger partial charge in [-0.15, -0.1) is 0 Å². The number of unbranched alkanes of at least 4 members (excludes halogenated alkanes) is 25. The van der Waals surface area contributed by atoms with Crippen LogP contribution in [0.3, 0.4) is 0 Å². The second-order valence-corrected chi connectivity index (χ2v) is 16.7. The van der Waals surface area contributed by atoms with Crippen molar-refractivity contribution in [2.24, 2.45) is 0 Å². The molecule has 0 radical (unpaired) electrons. The lowest BCUT2D eigenvalue weighted by Crippen LogP contribution is -2.30. The number of carbonyl (C=O) groups is 3. The summed E-state index contributed by atoms with van der Waals surface area (Å²) in [6, 6.07) is 0. The maximum atomic E-state index is 12.7. The Hall–Kier alpha value is -2.89. The first-order valence-corrected chi connectivity index (χ1v) is 25.3. The van der Waals surface area contributed by atoms with Crippen LogP contribution in [0, 0.1) is 0 Å². The number of rotatable bonds is 45. The van der Waals surface area contributed by atoms with Crippen LogP contribution >= 0.6 is 0 Å². The Bertz CT molecular complexity index is 1100. The van der Waals surface area contributed by atoms with E-state index in [4.69, 9.17) is 14.2 Å². The van der Waals surface area contributed by atoms with Crippen molar-refractivity contribution in [2.75, 3.05) is 13.2 Å². The van der Waals surface area contributed by atoms with E-state index in [9.17, 15) is 14.4 Å². The van der Waals surface area contributed by atoms with Crippen LogP contribution in [-0.4, -0.2) is 37.2 Å². The van der Waals surface area contributed by atoms with Crippen LogP contribution in [-0.2, 0) is 28.6 Å². The van der Waals surface area contributed by atoms with Crippen molar-refractivity contribution in [2.45, 2.75) is 252 Å². The second kappa shape index (κ2) is 48.8. The van der Waals surface area contributed by atoms with E-state index in [0.29, 0.717) is 12.8 Å². The molecule has 0 amide bonds. The molecule has 1 atom stereocenters. The van der Waals surface area contributed by atoms with E-state index in [1.54, 1.807) is 6.08 Å². The van der Waals surface area contributed by atoms with Crippen molar-refractivity contribution in [1.29, 1.82) is 0 Å². The normalized spacial score (nSPS) is 12.5. The number of hydrogen-bond donors (Lipinski definition) is 0. The molecule has 0 saturated carbocycles. The van der Waals surface area contributed by atoms with Gasteiger partial charge in [0.15, 0.2) is 6.10 Å². The van der Waals surface area contributed by atoms with Crippen molar-refractivity contribution >= 4 is 17.9 Å². The van der Waals surface area contributed by atoms with Crippen molar-refractivity contribution in [3.63, 3.8) is 0 Å². The van der Waals surface area contributed by atoms with Gasteiger partial charge in [0, 0.05) is 12.8 Å². The average molecular weight is 839 g/mol. The van der Waals surface area contributed by atoms with Crippen LogP contribution in [0.15, 0.2) is 60.8 Å². The molecule has 0 saturated heterocycles. The Labute approximate surface area is 370 Å². The molecule has 0 bridgehead atoms. The lowest BCUT2D eigenvalue weighted by Gasteiger charge is -2.18. The van der Waals surface area contributed by atoms with E-state index in [-0.39, 0.29) is 31.6 Å². The lowest BCUT2D eigenvalue weighted by atomic mass is 10.0. The topological polar surface area (TPSA) is 78.9 Å². The van der Waals surface area contributed by atoms with Crippen LogP contribution in [0.4, 0.5) is 0 Å². The molecule has 0 spiro atoms. The summed E-state index contributed by atoms with van der Waals surface area (Å²) < 4.78 is 16.6. The van der Waals surface area contributed by atoms with Gasteiger partial charge in [-0.05, 0) is 44.9 Å². The third kappa shape index (κ3) is 46.2. The van der Waals surface area contributed by atoms with E-state index in [1.165, 1.54) is 135 Å².